The van der Waals surface area contributed by atoms with Gasteiger partial charge in [0.25, 0.3) is 5.91 Å². The number of carbonyl (C=O) groups is 1. The number of carbonyl (C=O) groups excluding carboxylic acids is 1. The fourth-order valence-electron chi connectivity index (χ4n) is 2.42. The van der Waals surface area contributed by atoms with E-state index >= 15 is 0 Å². The lowest BCUT2D eigenvalue weighted by atomic mass is 9.99. The Morgan fingerprint density at radius 1 is 1.15 bits per heavy atom. The number of benzene rings is 2. The van der Waals surface area contributed by atoms with Crippen LogP contribution < -0.4 is 15.4 Å². The third-order valence-corrected chi connectivity index (χ3v) is 4.35. The Morgan fingerprint density at radius 2 is 1.88 bits per heavy atom. The molecule has 0 spiro atoms. The van der Waals surface area contributed by atoms with Gasteiger partial charge in [0.2, 0.25) is 0 Å². The lowest BCUT2D eigenvalue weighted by Gasteiger charge is -2.12. The molecule has 0 aliphatic carbocycles. The SMILES string of the molecule is CCCOc1cccc(C(=O)NC(=S)Nc2ccc([C@@H](C)CC)cc2)c1. The van der Waals surface area contributed by atoms with Crippen molar-refractivity contribution in [3.63, 3.8) is 0 Å². The number of hydrogen-bond acceptors (Lipinski definition) is 3. The highest BCUT2D eigenvalue weighted by Crippen LogP contribution is 2.20. The number of hydrogen-bond donors (Lipinski definition) is 2. The first-order chi connectivity index (χ1) is 12.5. The van der Waals surface area contributed by atoms with Crippen LogP contribution in [0.15, 0.2) is 48.5 Å². The van der Waals surface area contributed by atoms with Gasteiger partial charge < -0.3 is 10.1 Å². The van der Waals surface area contributed by atoms with Crippen LogP contribution in [0, 0.1) is 0 Å². The summed E-state index contributed by atoms with van der Waals surface area (Å²) in [4.78, 5) is 12.4. The van der Waals surface area contributed by atoms with Crippen molar-refractivity contribution in [2.45, 2.75) is 39.5 Å². The van der Waals surface area contributed by atoms with E-state index in [-0.39, 0.29) is 11.0 Å². The average Bonchev–Trinajstić information content (AvgIpc) is 2.66. The normalized spacial score (nSPS) is 11.5. The Hall–Kier alpha value is -2.40. The fraction of sp³-hybridized carbons (Fsp3) is 0.333. The Balaban J connectivity index is 1.93. The molecule has 0 fully saturated rings. The summed E-state index contributed by atoms with van der Waals surface area (Å²) in [6, 6.07) is 15.2. The van der Waals surface area contributed by atoms with Crippen molar-refractivity contribution in [2.75, 3.05) is 11.9 Å². The second kappa shape index (κ2) is 9.92. The van der Waals surface area contributed by atoms with Crippen molar-refractivity contribution in [2.24, 2.45) is 0 Å². The first-order valence-corrected chi connectivity index (χ1v) is 9.39. The first-order valence-electron chi connectivity index (χ1n) is 8.98. The van der Waals surface area contributed by atoms with Gasteiger partial charge in [-0.25, -0.2) is 0 Å². The predicted octanol–water partition coefficient (Wildman–Crippen LogP) is 5.12. The van der Waals surface area contributed by atoms with E-state index in [2.05, 4.69) is 36.6 Å². The van der Waals surface area contributed by atoms with E-state index in [0.29, 0.717) is 23.8 Å². The van der Waals surface area contributed by atoms with Crippen molar-refractivity contribution in [1.82, 2.24) is 5.32 Å². The largest absolute Gasteiger partial charge is 0.494 e. The molecule has 0 saturated heterocycles. The molecular formula is C21H26N2O2S. The molecule has 0 aliphatic rings. The molecule has 0 aromatic heterocycles. The number of rotatable bonds is 7. The number of ether oxygens (including phenoxy) is 1. The van der Waals surface area contributed by atoms with Gasteiger partial charge in [-0.1, -0.05) is 39.0 Å². The average molecular weight is 371 g/mol. The molecule has 1 atom stereocenters. The van der Waals surface area contributed by atoms with Gasteiger partial charge in [0, 0.05) is 11.3 Å². The van der Waals surface area contributed by atoms with Crippen LogP contribution in [-0.2, 0) is 0 Å². The van der Waals surface area contributed by atoms with Crippen LogP contribution in [0.4, 0.5) is 5.69 Å². The summed E-state index contributed by atoms with van der Waals surface area (Å²) in [7, 11) is 0. The number of amides is 1. The van der Waals surface area contributed by atoms with Crippen molar-refractivity contribution in [3.8, 4) is 5.75 Å². The van der Waals surface area contributed by atoms with Crippen LogP contribution in [0.1, 0.15) is 55.5 Å². The van der Waals surface area contributed by atoms with Gasteiger partial charge in [-0.2, -0.15) is 0 Å². The third kappa shape index (κ3) is 5.85. The van der Waals surface area contributed by atoms with Crippen molar-refractivity contribution in [1.29, 1.82) is 0 Å². The molecule has 2 N–H and O–H groups in total. The summed E-state index contributed by atoms with van der Waals surface area (Å²) < 4.78 is 5.56. The topological polar surface area (TPSA) is 50.4 Å². The van der Waals surface area contributed by atoms with Gasteiger partial charge in [0.05, 0.1) is 6.61 Å². The third-order valence-electron chi connectivity index (χ3n) is 4.15. The zero-order valence-electron chi connectivity index (χ0n) is 15.5. The molecule has 138 valence electrons. The summed E-state index contributed by atoms with van der Waals surface area (Å²) in [5.41, 5.74) is 2.65. The highest BCUT2D eigenvalue weighted by Gasteiger charge is 2.09. The van der Waals surface area contributed by atoms with E-state index in [9.17, 15) is 4.79 Å². The molecule has 0 saturated carbocycles. The minimum absolute atomic E-state index is 0.263. The predicted molar refractivity (Wildman–Crippen MR) is 111 cm³/mol. The summed E-state index contributed by atoms with van der Waals surface area (Å²) in [6.45, 7) is 7.03. The van der Waals surface area contributed by atoms with Crippen molar-refractivity contribution < 1.29 is 9.53 Å². The van der Waals surface area contributed by atoms with E-state index in [1.165, 1.54) is 5.56 Å². The van der Waals surface area contributed by atoms with E-state index in [0.717, 1.165) is 18.5 Å². The van der Waals surface area contributed by atoms with Gasteiger partial charge >= 0.3 is 0 Å². The van der Waals surface area contributed by atoms with E-state index in [4.69, 9.17) is 17.0 Å². The highest BCUT2D eigenvalue weighted by molar-refractivity contribution is 7.80. The molecule has 1 amide bonds. The molecule has 4 nitrogen and oxygen atoms in total. The zero-order valence-corrected chi connectivity index (χ0v) is 16.4. The summed E-state index contributed by atoms with van der Waals surface area (Å²) in [5.74, 6) is 0.942. The maximum Gasteiger partial charge on any atom is 0.257 e. The molecule has 0 bridgehead atoms. The van der Waals surface area contributed by atoms with Crippen LogP contribution in [0.2, 0.25) is 0 Å². The molecule has 2 aromatic carbocycles. The Kier molecular flexibility index (Phi) is 7.60. The zero-order chi connectivity index (χ0) is 18.9. The van der Waals surface area contributed by atoms with Crippen molar-refractivity contribution >= 4 is 28.9 Å². The van der Waals surface area contributed by atoms with E-state index in [1.807, 2.05) is 25.1 Å². The van der Waals surface area contributed by atoms with Crippen LogP contribution in [0.3, 0.4) is 0 Å². The fourth-order valence-corrected chi connectivity index (χ4v) is 2.63. The van der Waals surface area contributed by atoms with E-state index in [1.54, 1.807) is 18.2 Å². The lowest BCUT2D eigenvalue weighted by Crippen LogP contribution is -2.34. The van der Waals surface area contributed by atoms with Crippen molar-refractivity contribution in [3.05, 3.63) is 59.7 Å². The summed E-state index contributed by atoms with van der Waals surface area (Å²) >= 11 is 5.25. The van der Waals surface area contributed by atoms with Gasteiger partial charge in [-0.05, 0) is 66.9 Å². The Bertz CT molecular complexity index is 744. The summed E-state index contributed by atoms with van der Waals surface area (Å²) in [6.07, 6.45) is 2.02. The van der Waals surface area contributed by atoms with Crippen LogP contribution in [-0.4, -0.2) is 17.6 Å². The lowest BCUT2D eigenvalue weighted by molar-refractivity contribution is 0.0977. The minimum atomic E-state index is -0.263. The highest BCUT2D eigenvalue weighted by atomic mass is 32.1. The molecule has 0 aliphatic heterocycles. The van der Waals surface area contributed by atoms with Crippen LogP contribution >= 0.6 is 12.2 Å². The second-order valence-corrected chi connectivity index (χ2v) is 6.62. The summed E-state index contributed by atoms with van der Waals surface area (Å²) in [5, 5.41) is 6.02. The van der Waals surface area contributed by atoms with E-state index < -0.39 is 0 Å². The van der Waals surface area contributed by atoms with Gasteiger partial charge in [-0.3, -0.25) is 10.1 Å². The maximum atomic E-state index is 12.4. The quantitative estimate of drug-likeness (QED) is 0.665. The Morgan fingerprint density at radius 3 is 2.54 bits per heavy atom. The molecule has 2 aromatic rings. The van der Waals surface area contributed by atoms with Gasteiger partial charge in [0.1, 0.15) is 5.75 Å². The number of anilines is 1. The Labute approximate surface area is 161 Å². The molecule has 0 unspecified atom stereocenters. The maximum absolute atomic E-state index is 12.4. The van der Waals surface area contributed by atoms with Gasteiger partial charge in [0.15, 0.2) is 5.11 Å². The molecule has 26 heavy (non-hydrogen) atoms. The number of thiocarbonyl (C=S) groups is 1. The minimum Gasteiger partial charge on any atom is -0.494 e. The molecule has 2 rings (SSSR count). The molecular weight excluding hydrogens is 344 g/mol. The molecule has 0 radical (unpaired) electrons. The van der Waals surface area contributed by atoms with Crippen LogP contribution in [0.5, 0.6) is 5.75 Å². The first kappa shape index (κ1) is 19.9. The van der Waals surface area contributed by atoms with Gasteiger partial charge in [-0.15, -0.1) is 0 Å². The standard InChI is InChI=1S/C21H26N2O2S/c1-4-13-25-19-8-6-7-17(14-19)20(24)23-21(26)22-18-11-9-16(10-12-18)15(3)5-2/h6-12,14-15H,4-5,13H2,1-3H3,(H2,22,23,24,26)/t15-/m0/s1. The monoisotopic (exact) mass is 370 g/mol. The smallest absolute Gasteiger partial charge is 0.257 e. The second-order valence-electron chi connectivity index (χ2n) is 6.22. The van der Waals surface area contributed by atoms with Crippen LogP contribution in [0.25, 0.3) is 0 Å². The number of nitrogens with one attached hydrogen (secondary N) is 2. The molecule has 5 heteroatoms. The molecule has 0 heterocycles.